The van der Waals surface area contributed by atoms with Crippen LogP contribution in [0.4, 0.5) is 11.4 Å². The van der Waals surface area contributed by atoms with Crippen LogP contribution in [0.25, 0.3) is 0 Å². The predicted octanol–water partition coefficient (Wildman–Crippen LogP) is 2.92. The van der Waals surface area contributed by atoms with Crippen LogP contribution in [0.3, 0.4) is 0 Å². The minimum atomic E-state index is -3.56. The zero-order valence-corrected chi connectivity index (χ0v) is 15.0. The highest BCUT2D eigenvalue weighted by Gasteiger charge is 2.13. The van der Waals surface area contributed by atoms with E-state index in [9.17, 15) is 13.2 Å². The third-order valence-corrected chi connectivity index (χ3v) is 4.96. The quantitative estimate of drug-likeness (QED) is 0.813. The highest BCUT2D eigenvalue weighted by atomic mass is 79.9. The van der Waals surface area contributed by atoms with Crippen molar-refractivity contribution >= 4 is 43.4 Å². The van der Waals surface area contributed by atoms with Gasteiger partial charge in [-0.25, -0.2) is 0 Å². The van der Waals surface area contributed by atoms with E-state index in [1.807, 2.05) is 12.1 Å². The van der Waals surface area contributed by atoms with E-state index in [0.29, 0.717) is 16.9 Å². The lowest BCUT2D eigenvalue weighted by molar-refractivity contribution is 0.102. The lowest BCUT2D eigenvalue weighted by Gasteiger charge is -2.13. The molecule has 0 spiro atoms. The Balaban J connectivity index is 2.07. The molecule has 8 heteroatoms. The number of benzene rings is 2. The number of nitrogens with one attached hydrogen (secondary N) is 2. The van der Waals surface area contributed by atoms with Gasteiger partial charge in [0, 0.05) is 35.5 Å². The van der Waals surface area contributed by atoms with Gasteiger partial charge in [-0.15, -0.1) is 0 Å². The summed E-state index contributed by atoms with van der Waals surface area (Å²) in [5.41, 5.74) is 1.50. The maximum atomic E-state index is 12.1. The van der Waals surface area contributed by atoms with Crippen molar-refractivity contribution in [2.45, 2.75) is 0 Å². The number of carbonyl (C=O) groups is 1. The van der Waals surface area contributed by atoms with E-state index in [1.165, 1.54) is 26.2 Å². The number of carbonyl (C=O) groups excluding carboxylic acids is 1. The van der Waals surface area contributed by atoms with Crippen molar-refractivity contribution in [1.82, 2.24) is 4.31 Å². The fourth-order valence-corrected chi connectivity index (χ4v) is 2.55. The van der Waals surface area contributed by atoms with Crippen LogP contribution >= 0.6 is 15.9 Å². The first-order valence-electron chi connectivity index (χ1n) is 6.65. The average Bonchev–Trinajstić information content (AvgIpc) is 2.49. The first kappa shape index (κ1) is 17.5. The predicted molar refractivity (Wildman–Crippen MR) is 94.8 cm³/mol. The fraction of sp³-hybridized carbons (Fsp3) is 0.133. The second-order valence-electron chi connectivity index (χ2n) is 4.93. The monoisotopic (exact) mass is 397 g/mol. The summed E-state index contributed by atoms with van der Waals surface area (Å²) in [7, 11) is -0.693. The van der Waals surface area contributed by atoms with E-state index >= 15 is 0 Å². The SMILES string of the molecule is CN(C)S(=O)(=O)Nc1ccc(C(=O)Nc2ccc(Br)cc2)cc1. The Morgan fingerprint density at radius 1 is 0.957 bits per heavy atom. The fourth-order valence-electron chi connectivity index (χ4n) is 1.67. The Hall–Kier alpha value is -1.90. The van der Waals surface area contributed by atoms with Crippen LogP contribution in [-0.2, 0) is 10.2 Å². The number of anilines is 2. The van der Waals surface area contributed by atoms with Gasteiger partial charge in [0.25, 0.3) is 5.91 Å². The van der Waals surface area contributed by atoms with Crippen LogP contribution in [0, 0.1) is 0 Å². The Kier molecular flexibility index (Phi) is 5.40. The number of hydrogen-bond donors (Lipinski definition) is 2. The molecule has 23 heavy (non-hydrogen) atoms. The van der Waals surface area contributed by atoms with Gasteiger partial charge in [0.2, 0.25) is 0 Å². The largest absolute Gasteiger partial charge is 0.322 e. The van der Waals surface area contributed by atoms with Gasteiger partial charge in [0.15, 0.2) is 0 Å². The maximum absolute atomic E-state index is 12.1. The molecule has 0 aromatic heterocycles. The summed E-state index contributed by atoms with van der Waals surface area (Å²) in [5, 5.41) is 2.76. The molecule has 0 fully saturated rings. The van der Waals surface area contributed by atoms with Gasteiger partial charge in [-0.2, -0.15) is 12.7 Å². The highest BCUT2D eigenvalue weighted by Crippen LogP contribution is 2.16. The smallest absolute Gasteiger partial charge is 0.301 e. The first-order valence-corrected chi connectivity index (χ1v) is 8.88. The number of nitrogens with zero attached hydrogens (tertiary/aromatic N) is 1. The molecule has 0 atom stereocenters. The van der Waals surface area contributed by atoms with Gasteiger partial charge >= 0.3 is 10.2 Å². The Bertz CT molecular complexity index is 788. The van der Waals surface area contributed by atoms with Gasteiger partial charge in [0.1, 0.15) is 0 Å². The number of rotatable bonds is 5. The summed E-state index contributed by atoms with van der Waals surface area (Å²) in [4.78, 5) is 12.1. The summed E-state index contributed by atoms with van der Waals surface area (Å²) >= 11 is 3.33. The van der Waals surface area contributed by atoms with Crippen molar-refractivity contribution in [3.63, 3.8) is 0 Å². The molecular formula is C15H16BrN3O3S. The number of hydrogen-bond acceptors (Lipinski definition) is 3. The summed E-state index contributed by atoms with van der Waals surface area (Å²) < 4.78 is 27.8. The normalized spacial score (nSPS) is 11.3. The van der Waals surface area contributed by atoms with Crippen molar-refractivity contribution in [2.24, 2.45) is 0 Å². The van der Waals surface area contributed by atoms with Crippen LogP contribution < -0.4 is 10.0 Å². The molecule has 0 aliphatic carbocycles. The molecule has 0 bridgehead atoms. The Morgan fingerprint density at radius 3 is 2.00 bits per heavy atom. The number of amides is 1. The van der Waals surface area contributed by atoms with E-state index in [1.54, 1.807) is 24.3 Å². The summed E-state index contributed by atoms with van der Waals surface area (Å²) in [5.74, 6) is -0.269. The van der Waals surface area contributed by atoms with E-state index in [4.69, 9.17) is 0 Å². The van der Waals surface area contributed by atoms with Crippen LogP contribution in [-0.4, -0.2) is 32.7 Å². The van der Waals surface area contributed by atoms with Crippen LogP contribution in [0.15, 0.2) is 53.0 Å². The Morgan fingerprint density at radius 2 is 1.48 bits per heavy atom. The molecule has 0 heterocycles. The molecule has 0 aliphatic rings. The minimum Gasteiger partial charge on any atom is -0.322 e. The van der Waals surface area contributed by atoms with Crippen molar-refractivity contribution in [3.05, 3.63) is 58.6 Å². The van der Waals surface area contributed by atoms with E-state index < -0.39 is 10.2 Å². The zero-order chi connectivity index (χ0) is 17.0. The van der Waals surface area contributed by atoms with Gasteiger partial charge in [-0.3, -0.25) is 9.52 Å². The van der Waals surface area contributed by atoms with Gasteiger partial charge < -0.3 is 5.32 Å². The Labute approximate surface area is 143 Å². The molecule has 0 aliphatic heterocycles. The second-order valence-corrected chi connectivity index (χ2v) is 7.73. The van der Waals surface area contributed by atoms with Crippen molar-refractivity contribution in [2.75, 3.05) is 24.1 Å². The topological polar surface area (TPSA) is 78.5 Å². The molecule has 0 unspecified atom stereocenters. The molecule has 0 saturated heterocycles. The van der Waals surface area contributed by atoms with Gasteiger partial charge in [-0.05, 0) is 48.5 Å². The molecule has 1 amide bonds. The molecule has 2 aromatic carbocycles. The number of halogens is 1. The summed E-state index contributed by atoms with van der Waals surface area (Å²) in [6.07, 6.45) is 0. The molecule has 2 rings (SSSR count). The zero-order valence-electron chi connectivity index (χ0n) is 12.6. The summed E-state index contributed by atoms with van der Waals surface area (Å²) in [6, 6.07) is 13.4. The second kappa shape index (κ2) is 7.12. The van der Waals surface area contributed by atoms with Crippen LogP contribution in [0.1, 0.15) is 10.4 Å². The van der Waals surface area contributed by atoms with Crippen molar-refractivity contribution < 1.29 is 13.2 Å². The van der Waals surface area contributed by atoms with E-state index in [0.717, 1.165) is 8.78 Å². The third-order valence-electron chi connectivity index (χ3n) is 2.98. The van der Waals surface area contributed by atoms with Gasteiger partial charge in [0.05, 0.1) is 0 Å². The molecule has 2 N–H and O–H groups in total. The van der Waals surface area contributed by atoms with Gasteiger partial charge in [-0.1, -0.05) is 15.9 Å². The molecule has 0 radical (unpaired) electrons. The van der Waals surface area contributed by atoms with Crippen LogP contribution in [0.5, 0.6) is 0 Å². The molecule has 0 saturated carbocycles. The van der Waals surface area contributed by atoms with Crippen molar-refractivity contribution in [1.29, 1.82) is 0 Å². The standard InChI is InChI=1S/C15H16BrN3O3S/c1-19(2)23(21,22)18-14-7-3-11(4-8-14)15(20)17-13-9-5-12(16)6-10-13/h3-10,18H,1-2H3,(H,17,20). The summed E-state index contributed by atoms with van der Waals surface area (Å²) in [6.45, 7) is 0. The molecule has 122 valence electrons. The molecule has 6 nitrogen and oxygen atoms in total. The third kappa shape index (κ3) is 4.78. The molecular weight excluding hydrogens is 382 g/mol. The lowest BCUT2D eigenvalue weighted by Crippen LogP contribution is -2.28. The lowest BCUT2D eigenvalue weighted by atomic mass is 10.2. The molecule has 2 aromatic rings. The van der Waals surface area contributed by atoms with Crippen LogP contribution in [0.2, 0.25) is 0 Å². The average molecular weight is 398 g/mol. The van der Waals surface area contributed by atoms with Crippen molar-refractivity contribution in [3.8, 4) is 0 Å². The highest BCUT2D eigenvalue weighted by molar-refractivity contribution is 9.10. The maximum Gasteiger partial charge on any atom is 0.301 e. The van der Waals surface area contributed by atoms with E-state index in [2.05, 4.69) is 26.0 Å². The first-order chi connectivity index (χ1) is 10.8. The minimum absolute atomic E-state index is 0.269. The van der Waals surface area contributed by atoms with E-state index in [-0.39, 0.29) is 5.91 Å².